The van der Waals surface area contributed by atoms with Gasteiger partial charge in [0.15, 0.2) is 0 Å². The maximum atomic E-state index is 13.6. The molecule has 1 atom stereocenters. The van der Waals surface area contributed by atoms with Gasteiger partial charge in [0, 0.05) is 25.3 Å². The molecule has 2 rings (SSSR count). The van der Waals surface area contributed by atoms with Crippen molar-refractivity contribution >= 4 is 0 Å². The standard InChI is InChI=1S/C14H19F2NO/c1-10(13-11(15)5-3-6-12(13)16)17-9-14(18-2)7-4-8-14/h3,5-6,10,17H,4,7-9H2,1-2H3. The molecule has 1 saturated carbocycles. The maximum absolute atomic E-state index is 13.6. The molecular formula is C14H19F2NO. The van der Waals surface area contributed by atoms with Crippen LogP contribution in [0.15, 0.2) is 18.2 Å². The lowest BCUT2D eigenvalue weighted by Gasteiger charge is -2.41. The van der Waals surface area contributed by atoms with Crippen LogP contribution < -0.4 is 5.32 Å². The van der Waals surface area contributed by atoms with Crippen molar-refractivity contribution in [1.82, 2.24) is 5.32 Å². The zero-order valence-corrected chi connectivity index (χ0v) is 10.8. The van der Waals surface area contributed by atoms with Gasteiger partial charge >= 0.3 is 0 Å². The van der Waals surface area contributed by atoms with Gasteiger partial charge in [0.1, 0.15) is 11.6 Å². The molecule has 100 valence electrons. The van der Waals surface area contributed by atoms with Crippen molar-refractivity contribution < 1.29 is 13.5 Å². The molecule has 0 radical (unpaired) electrons. The first kappa shape index (κ1) is 13.4. The molecular weight excluding hydrogens is 236 g/mol. The summed E-state index contributed by atoms with van der Waals surface area (Å²) < 4.78 is 32.6. The van der Waals surface area contributed by atoms with E-state index in [1.54, 1.807) is 14.0 Å². The van der Waals surface area contributed by atoms with Crippen molar-refractivity contribution in [2.75, 3.05) is 13.7 Å². The quantitative estimate of drug-likeness (QED) is 0.872. The summed E-state index contributed by atoms with van der Waals surface area (Å²) >= 11 is 0. The average molecular weight is 255 g/mol. The zero-order chi connectivity index (χ0) is 13.2. The molecule has 1 aliphatic carbocycles. The van der Waals surface area contributed by atoms with E-state index in [1.807, 2.05) is 0 Å². The van der Waals surface area contributed by atoms with E-state index in [2.05, 4.69) is 5.32 Å². The minimum Gasteiger partial charge on any atom is -0.377 e. The van der Waals surface area contributed by atoms with Crippen LogP contribution in [-0.4, -0.2) is 19.3 Å². The monoisotopic (exact) mass is 255 g/mol. The van der Waals surface area contributed by atoms with Gasteiger partial charge in [0.05, 0.1) is 5.60 Å². The molecule has 1 aromatic carbocycles. The molecule has 0 bridgehead atoms. The third kappa shape index (κ3) is 2.54. The van der Waals surface area contributed by atoms with Crippen LogP contribution in [0.3, 0.4) is 0 Å². The summed E-state index contributed by atoms with van der Waals surface area (Å²) in [5.74, 6) is -1.01. The van der Waals surface area contributed by atoms with E-state index in [9.17, 15) is 8.78 Å². The van der Waals surface area contributed by atoms with E-state index in [0.29, 0.717) is 6.54 Å². The molecule has 1 aliphatic rings. The number of methoxy groups -OCH3 is 1. The van der Waals surface area contributed by atoms with Gasteiger partial charge < -0.3 is 10.1 Å². The molecule has 1 unspecified atom stereocenters. The fourth-order valence-electron chi connectivity index (χ4n) is 2.39. The van der Waals surface area contributed by atoms with Crippen LogP contribution >= 0.6 is 0 Å². The molecule has 0 amide bonds. The molecule has 0 saturated heterocycles. The van der Waals surface area contributed by atoms with Crippen molar-refractivity contribution in [3.8, 4) is 0 Å². The van der Waals surface area contributed by atoms with Crippen molar-refractivity contribution in [3.63, 3.8) is 0 Å². The zero-order valence-electron chi connectivity index (χ0n) is 10.8. The fraction of sp³-hybridized carbons (Fsp3) is 0.571. The minimum atomic E-state index is -0.505. The SMILES string of the molecule is COC1(CNC(C)c2c(F)cccc2F)CCC1. The number of hydrogen-bond donors (Lipinski definition) is 1. The van der Waals surface area contributed by atoms with Crippen molar-refractivity contribution in [2.24, 2.45) is 0 Å². The Bertz CT molecular complexity index is 392. The number of nitrogens with one attached hydrogen (secondary N) is 1. The van der Waals surface area contributed by atoms with Gasteiger partial charge in [-0.2, -0.15) is 0 Å². The minimum absolute atomic E-state index is 0.100. The van der Waals surface area contributed by atoms with E-state index in [1.165, 1.54) is 18.2 Å². The molecule has 0 aliphatic heterocycles. The predicted molar refractivity (Wildman–Crippen MR) is 66.4 cm³/mol. The smallest absolute Gasteiger partial charge is 0.130 e. The van der Waals surface area contributed by atoms with Gasteiger partial charge in [-0.1, -0.05) is 6.07 Å². The molecule has 2 nitrogen and oxygen atoms in total. The number of halogens is 2. The van der Waals surface area contributed by atoms with Crippen molar-refractivity contribution in [1.29, 1.82) is 0 Å². The third-order valence-corrected chi connectivity index (χ3v) is 3.86. The van der Waals surface area contributed by atoms with E-state index >= 15 is 0 Å². The Hall–Kier alpha value is -1.00. The van der Waals surface area contributed by atoms with Gasteiger partial charge in [0.25, 0.3) is 0 Å². The molecule has 1 fully saturated rings. The summed E-state index contributed by atoms with van der Waals surface area (Å²) in [7, 11) is 1.69. The third-order valence-electron chi connectivity index (χ3n) is 3.86. The number of ether oxygens (including phenoxy) is 1. The Labute approximate surface area is 106 Å². The molecule has 1 aromatic rings. The Morgan fingerprint density at radius 1 is 1.33 bits per heavy atom. The second kappa shape index (κ2) is 5.33. The van der Waals surface area contributed by atoms with Crippen LogP contribution in [0.4, 0.5) is 8.78 Å². The average Bonchev–Trinajstić information content (AvgIpc) is 2.28. The lowest BCUT2D eigenvalue weighted by atomic mass is 9.80. The van der Waals surface area contributed by atoms with Gasteiger partial charge in [0.2, 0.25) is 0 Å². The van der Waals surface area contributed by atoms with Crippen LogP contribution in [0.2, 0.25) is 0 Å². The number of hydrogen-bond acceptors (Lipinski definition) is 2. The van der Waals surface area contributed by atoms with Crippen molar-refractivity contribution in [3.05, 3.63) is 35.4 Å². The Kier molecular flexibility index (Phi) is 3.97. The first-order valence-corrected chi connectivity index (χ1v) is 6.30. The van der Waals surface area contributed by atoms with E-state index < -0.39 is 11.6 Å². The number of benzene rings is 1. The van der Waals surface area contributed by atoms with Crippen molar-refractivity contribution in [2.45, 2.75) is 37.8 Å². The number of rotatable bonds is 5. The lowest BCUT2D eigenvalue weighted by molar-refractivity contribution is -0.0707. The second-order valence-electron chi connectivity index (χ2n) is 4.98. The van der Waals surface area contributed by atoms with Crippen LogP contribution in [-0.2, 0) is 4.74 Å². The summed E-state index contributed by atoms with van der Waals surface area (Å²) in [5.41, 5.74) is -0.0428. The summed E-state index contributed by atoms with van der Waals surface area (Å²) in [6.07, 6.45) is 3.16. The van der Waals surface area contributed by atoms with E-state index in [4.69, 9.17) is 4.74 Å². The molecule has 18 heavy (non-hydrogen) atoms. The lowest BCUT2D eigenvalue weighted by Crippen LogP contribution is -2.48. The summed E-state index contributed by atoms with van der Waals surface area (Å²) in [5, 5.41) is 3.17. The summed E-state index contributed by atoms with van der Waals surface area (Å²) in [4.78, 5) is 0. The summed E-state index contributed by atoms with van der Waals surface area (Å²) in [6.45, 7) is 2.39. The Balaban J connectivity index is 2.01. The molecule has 0 aromatic heterocycles. The highest BCUT2D eigenvalue weighted by Crippen LogP contribution is 2.35. The van der Waals surface area contributed by atoms with E-state index in [-0.39, 0.29) is 17.2 Å². The Morgan fingerprint density at radius 2 is 1.94 bits per heavy atom. The first-order chi connectivity index (χ1) is 8.58. The van der Waals surface area contributed by atoms with Crippen LogP contribution in [0.5, 0.6) is 0 Å². The van der Waals surface area contributed by atoms with Crippen LogP contribution in [0.1, 0.15) is 37.8 Å². The highest BCUT2D eigenvalue weighted by atomic mass is 19.1. The highest BCUT2D eigenvalue weighted by molar-refractivity contribution is 5.22. The maximum Gasteiger partial charge on any atom is 0.130 e. The Morgan fingerprint density at radius 3 is 2.39 bits per heavy atom. The summed E-state index contributed by atoms with van der Waals surface area (Å²) in [6, 6.07) is 3.58. The van der Waals surface area contributed by atoms with Gasteiger partial charge in [-0.05, 0) is 38.3 Å². The van der Waals surface area contributed by atoms with E-state index in [0.717, 1.165) is 19.3 Å². The predicted octanol–water partition coefficient (Wildman–Crippen LogP) is 3.18. The van der Waals surface area contributed by atoms with Crippen LogP contribution in [0.25, 0.3) is 0 Å². The second-order valence-corrected chi connectivity index (χ2v) is 4.98. The normalized spacial score (nSPS) is 19.3. The fourth-order valence-corrected chi connectivity index (χ4v) is 2.39. The molecule has 1 N–H and O–H groups in total. The largest absolute Gasteiger partial charge is 0.377 e. The molecule has 4 heteroatoms. The molecule has 0 spiro atoms. The van der Waals surface area contributed by atoms with Gasteiger partial charge in [-0.15, -0.1) is 0 Å². The van der Waals surface area contributed by atoms with Gasteiger partial charge in [-0.25, -0.2) is 8.78 Å². The highest BCUT2D eigenvalue weighted by Gasteiger charge is 2.37. The van der Waals surface area contributed by atoms with Crippen LogP contribution in [0, 0.1) is 11.6 Å². The first-order valence-electron chi connectivity index (χ1n) is 6.30. The molecule has 0 heterocycles. The topological polar surface area (TPSA) is 21.3 Å². The van der Waals surface area contributed by atoms with Gasteiger partial charge in [-0.3, -0.25) is 0 Å².